The van der Waals surface area contributed by atoms with Crippen molar-refractivity contribution in [3.8, 4) is 5.75 Å². The average molecular weight is 357 g/mol. The molecule has 8 nitrogen and oxygen atoms in total. The molecule has 0 aliphatic heterocycles. The Balaban J connectivity index is 2.13. The van der Waals surface area contributed by atoms with Crippen molar-refractivity contribution >= 4 is 23.2 Å². The van der Waals surface area contributed by atoms with Crippen LogP contribution < -0.4 is 15.4 Å². The molecule has 0 aliphatic rings. The normalized spacial score (nSPS) is 10.1. The zero-order valence-corrected chi connectivity index (χ0v) is 14.4. The summed E-state index contributed by atoms with van der Waals surface area (Å²) in [5.41, 5.74) is 0.554. The van der Waals surface area contributed by atoms with Gasteiger partial charge in [-0.25, -0.2) is 0 Å². The monoisotopic (exact) mass is 357 g/mol. The summed E-state index contributed by atoms with van der Waals surface area (Å²) in [6, 6.07) is 11.0. The molecular weight excluding hydrogens is 338 g/mol. The molecule has 0 aromatic heterocycles. The number of anilines is 1. The van der Waals surface area contributed by atoms with Gasteiger partial charge in [-0.3, -0.25) is 19.7 Å². The van der Waals surface area contributed by atoms with Crippen LogP contribution in [0.3, 0.4) is 0 Å². The second-order valence-electron chi connectivity index (χ2n) is 5.45. The summed E-state index contributed by atoms with van der Waals surface area (Å²) in [6.07, 6.45) is 0. The largest absolute Gasteiger partial charge is 0.484 e. The van der Waals surface area contributed by atoms with Crippen LogP contribution in [-0.4, -0.2) is 29.9 Å². The van der Waals surface area contributed by atoms with Gasteiger partial charge in [0.05, 0.1) is 4.92 Å². The number of benzene rings is 2. The second kappa shape index (κ2) is 8.61. The van der Waals surface area contributed by atoms with Gasteiger partial charge in [-0.15, -0.1) is 0 Å². The van der Waals surface area contributed by atoms with Crippen molar-refractivity contribution < 1.29 is 19.2 Å². The first-order valence-electron chi connectivity index (χ1n) is 7.97. The van der Waals surface area contributed by atoms with Crippen LogP contribution in [-0.2, 0) is 4.79 Å². The van der Waals surface area contributed by atoms with Crippen LogP contribution in [0.25, 0.3) is 0 Å². The standard InChI is InChI=1S/C18H19N3O5/c1-3-19-16(22)11-26-14-8-5-7-13(10-14)20-18(23)15-9-4-6-12(2)17(15)21(24)25/h4-10H,3,11H2,1-2H3,(H,19,22)(H,20,23). The number of hydrogen-bond donors (Lipinski definition) is 2. The molecule has 0 fully saturated rings. The first kappa shape index (κ1) is 18.9. The number of likely N-dealkylation sites (N-methyl/N-ethyl adjacent to an activating group) is 1. The molecule has 0 aliphatic carbocycles. The molecule has 0 spiro atoms. The van der Waals surface area contributed by atoms with E-state index in [1.54, 1.807) is 50.2 Å². The van der Waals surface area contributed by atoms with Crippen LogP contribution in [0.15, 0.2) is 42.5 Å². The van der Waals surface area contributed by atoms with Gasteiger partial charge in [-0.05, 0) is 32.0 Å². The summed E-state index contributed by atoms with van der Waals surface area (Å²) >= 11 is 0. The summed E-state index contributed by atoms with van der Waals surface area (Å²) < 4.78 is 5.36. The summed E-state index contributed by atoms with van der Waals surface area (Å²) in [7, 11) is 0. The highest BCUT2D eigenvalue weighted by atomic mass is 16.6. The molecule has 136 valence electrons. The Morgan fingerprint density at radius 1 is 1.19 bits per heavy atom. The Kier molecular flexibility index (Phi) is 6.26. The topological polar surface area (TPSA) is 111 Å². The number of nitrogens with zero attached hydrogens (tertiary/aromatic N) is 1. The third-order valence-electron chi connectivity index (χ3n) is 3.50. The van der Waals surface area contributed by atoms with E-state index in [9.17, 15) is 19.7 Å². The second-order valence-corrected chi connectivity index (χ2v) is 5.45. The number of nitro groups is 1. The minimum atomic E-state index is -0.596. The Morgan fingerprint density at radius 3 is 2.62 bits per heavy atom. The number of amides is 2. The predicted octanol–water partition coefficient (Wildman–Crippen LogP) is 2.67. The zero-order chi connectivity index (χ0) is 19.1. The lowest BCUT2D eigenvalue weighted by molar-refractivity contribution is -0.385. The summed E-state index contributed by atoms with van der Waals surface area (Å²) in [5, 5.41) is 16.4. The fourth-order valence-electron chi connectivity index (χ4n) is 2.34. The van der Waals surface area contributed by atoms with Gasteiger partial charge >= 0.3 is 0 Å². The van der Waals surface area contributed by atoms with Gasteiger partial charge in [0.25, 0.3) is 17.5 Å². The van der Waals surface area contributed by atoms with Crippen LogP contribution in [0.1, 0.15) is 22.8 Å². The van der Waals surface area contributed by atoms with Gasteiger partial charge in [-0.2, -0.15) is 0 Å². The minimum absolute atomic E-state index is 0.0244. The number of carbonyl (C=O) groups excluding carboxylic acids is 2. The van der Waals surface area contributed by atoms with E-state index in [4.69, 9.17) is 4.74 Å². The summed E-state index contributed by atoms with van der Waals surface area (Å²) in [5.74, 6) is -0.452. The van der Waals surface area contributed by atoms with E-state index in [-0.39, 0.29) is 23.8 Å². The molecule has 0 atom stereocenters. The Hall–Kier alpha value is -3.42. The zero-order valence-electron chi connectivity index (χ0n) is 14.4. The van der Waals surface area contributed by atoms with Gasteiger partial charge in [0.2, 0.25) is 0 Å². The van der Waals surface area contributed by atoms with E-state index in [1.165, 1.54) is 6.07 Å². The Morgan fingerprint density at radius 2 is 1.92 bits per heavy atom. The maximum absolute atomic E-state index is 12.4. The highest BCUT2D eigenvalue weighted by Gasteiger charge is 2.22. The number of para-hydroxylation sites is 1. The van der Waals surface area contributed by atoms with Gasteiger partial charge < -0.3 is 15.4 Å². The lowest BCUT2D eigenvalue weighted by atomic mass is 10.1. The smallest absolute Gasteiger partial charge is 0.285 e. The molecule has 0 saturated carbocycles. The SMILES string of the molecule is CCNC(=O)COc1cccc(NC(=O)c2cccc(C)c2[N+](=O)[O-])c1. The lowest BCUT2D eigenvalue weighted by Gasteiger charge is -2.10. The van der Waals surface area contributed by atoms with Crippen molar-refractivity contribution in [1.29, 1.82) is 0 Å². The molecule has 26 heavy (non-hydrogen) atoms. The Bertz CT molecular complexity index is 835. The maximum atomic E-state index is 12.4. The van der Waals surface area contributed by atoms with Crippen molar-refractivity contribution in [3.63, 3.8) is 0 Å². The maximum Gasteiger partial charge on any atom is 0.285 e. The quantitative estimate of drug-likeness (QED) is 0.585. The van der Waals surface area contributed by atoms with Crippen LogP contribution >= 0.6 is 0 Å². The number of hydrogen-bond acceptors (Lipinski definition) is 5. The van der Waals surface area contributed by atoms with Gasteiger partial charge in [-0.1, -0.05) is 18.2 Å². The molecule has 2 aromatic rings. The molecular formula is C18H19N3O5. The molecule has 2 aromatic carbocycles. The third kappa shape index (κ3) is 4.79. The van der Waals surface area contributed by atoms with Gasteiger partial charge in [0.1, 0.15) is 11.3 Å². The number of rotatable bonds is 7. The minimum Gasteiger partial charge on any atom is -0.484 e. The lowest BCUT2D eigenvalue weighted by Crippen LogP contribution is -2.28. The van der Waals surface area contributed by atoms with Gasteiger partial charge in [0.15, 0.2) is 6.61 Å². The number of ether oxygens (including phenoxy) is 1. The molecule has 0 unspecified atom stereocenters. The molecule has 2 rings (SSSR count). The predicted molar refractivity (Wildman–Crippen MR) is 96.4 cm³/mol. The summed E-state index contributed by atoms with van der Waals surface area (Å²) in [4.78, 5) is 34.5. The van der Waals surface area contributed by atoms with Crippen LogP contribution in [0.2, 0.25) is 0 Å². The number of carbonyl (C=O) groups is 2. The first-order chi connectivity index (χ1) is 12.4. The molecule has 2 N–H and O–H groups in total. The van der Waals surface area contributed by atoms with E-state index < -0.39 is 10.8 Å². The van der Waals surface area contributed by atoms with Crippen molar-refractivity contribution in [2.24, 2.45) is 0 Å². The van der Waals surface area contributed by atoms with Crippen molar-refractivity contribution in [3.05, 3.63) is 63.7 Å². The molecule has 8 heteroatoms. The van der Waals surface area contributed by atoms with Crippen molar-refractivity contribution in [2.75, 3.05) is 18.5 Å². The van der Waals surface area contributed by atoms with Crippen LogP contribution in [0.4, 0.5) is 11.4 Å². The Labute approximate surface area is 150 Å². The fourth-order valence-corrected chi connectivity index (χ4v) is 2.34. The van der Waals surface area contributed by atoms with E-state index in [1.807, 2.05) is 0 Å². The molecule has 0 radical (unpaired) electrons. The molecule has 0 heterocycles. The number of nitro benzene ring substituents is 1. The number of aryl methyl sites for hydroxylation is 1. The molecule has 2 amide bonds. The fraction of sp³-hybridized carbons (Fsp3) is 0.222. The first-order valence-corrected chi connectivity index (χ1v) is 7.97. The van der Waals surface area contributed by atoms with Crippen LogP contribution in [0.5, 0.6) is 5.75 Å². The van der Waals surface area contributed by atoms with Gasteiger partial charge in [0, 0.05) is 23.9 Å². The van der Waals surface area contributed by atoms with Crippen molar-refractivity contribution in [1.82, 2.24) is 5.32 Å². The molecule has 0 saturated heterocycles. The van der Waals surface area contributed by atoms with Crippen LogP contribution in [0, 0.1) is 17.0 Å². The molecule has 0 bridgehead atoms. The van der Waals surface area contributed by atoms with E-state index >= 15 is 0 Å². The highest BCUT2D eigenvalue weighted by molar-refractivity contribution is 6.07. The van der Waals surface area contributed by atoms with Crippen molar-refractivity contribution in [2.45, 2.75) is 13.8 Å². The van der Waals surface area contributed by atoms with E-state index in [0.717, 1.165) is 0 Å². The summed E-state index contributed by atoms with van der Waals surface area (Å²) in [6.45, 7) is 3.74. The average Bonchev–Trinajstić information content (AvgIpc) is 2.60. The number of nitrogens with one attached hydrogen (secondary N) is 2. The van der Waals surface area contributed by atoms with E-state index in [0.29, 0.717) is 23.5 Å². The highest BCUT2D eigenvalue weighted by Crippen LogP contribution is 2.25. The van der Waals surface area contributed by atoms with E-state index in [2.05, 4.69) is 10.6 Å². The third-order valence-corrected chi connectivity index (χ3v) is 3.50.